The molecule has 2 heterocycles. The minimum absolute atomic E-state index is 0.0266. The van der Waals surface area contributed by atoms with Gasteiger partial charge in [0.15, 0.2) is 0 Å². The first-order valence-electron chi connectivity index (χ1n) is 8.81. The van der Waals surface area contributed by atoms with Gasteiger partial charge in [-0.05, 0) is 42.9 Å². The second kappa shape index (κ2) is 6.64. The van der Waals surface area contributed by atoms with Gasteiger partial charge in [0.2, 0.25) is 0 Å². The van der Waals surface area contributed by atoms with Crippen molar-refractivity contribution in [3.63, 3.8) is 0 Å². The lowest BCUT2D eigenvalue weighted by atomic mass is 9.80. The van der Waals surface area contributed by atoms with Crippen LogP contribution in [0.3, 0.4) is 0 Å². The summed E-state index contributed by atoms with van der Waals surface area (Å²) in [6, 6.07) is 8.31. The molecule has 1 aliphatic heterocycles. The van der Waals surface area contributed by atoms with Crippen LogP contribution in [-0.2, 0) is 11.3 Å². The van der Waals surface area contributed by atoms with Gasteiger partial charge in [-0.1, -0.05) is 26.0 Å². The highest BCUT2D eigenvalue weighted by atomic mass is 16.4. The number of carboxylic acid groups (broad SMARTS) is 1. The molecule has 1 N–H and O–H groups in total. The van der Waals surface area contributed by atoms with Crippen LogP contribution < -0.4 is 0 Å². The third-order valence-electron chi connectivity index (χ3n) is 5.30. The second-order valence-corrected chi connectivity index (χ2v) is 7.98. The number of hydrogen-bond acceptors (Lipinski definition) is 3. The van der Waals surface area contributed by atoms with Crippen LogP contribution in [0.25, 0.3) is 5.69 Å². The first-order valence-corrected chi connectivity index (χ1v) is 8.81. The summed E-state index contributed by atoms with van der Waals surface area (Å²) in [6.07, 6.45) is 2.34. The van der Waals surface area contributed by atoms with Crippen LogP contribution in [0.5, 0.6) is 0 Å². The summed E-state index contributed by atoms with van der Waals surface area (Å²) in [7, 11) is 0. The van der Waals surface area contributed by atoms with E-state index < -0.39 is 5.97 Å². The molecule has 1 aliphatic rings. The Hall–Kier alpha value is -2.14. The van der Waals surface area contributed by atoms with Crippen LogP contribution in [0.15, 0.2) is 30.5 Å². The van der Waals surface area contributed by atoms with Gasteiger partial charge in [-0.15, -0.1) is 0 Å². The lowest BCUT2D eigenvalue weighted by molar-refractivity contribution is -0.138. The molecule has 5 heteroatoms. The number of aromatic nitrogens is 2. The summed E-state index contributed by atoms with van der Waals surface area (Å²) < 4.78 is 1.94. The van der Waals surface area contributed by atoms with Crippen LogP contribution in [-0.4, -0.2) is 38.8 Å². The fraction of sp³-hybridized carbons (Fsp3) is 0.500. The Bertz CT molecular complexity index is 779. The molecule has 1 aromatic carbocycles. The molecule has 2 aromatic rings. The number of likely N-dealkylation sites (tertiary alicyclic amines) is 1. The maximum atomic E-state index is 11.1. The number of hydrogen-bond donors (Lipinski definition) is 1. The molecule has 1 saturated heterocycles. The minimum Gasteiger partial charge on any atom is -0.481 e. The van der Waals surface area contributed by atoms with E-state index >= 15 is 0 Å². The quantitative estimate of drug-likeness (QED) is 0.905. The smallest absolute Gasteiger partial charge is 0.303 e. The molecule has 1 fully saturated rings. The molecule has 1 atom stereocenters. The van der Waals surface area contributed by atoms with E-state index in [1.54, 1.807) is 0 Å². The summed E-state index contributed by atoms with van der Waals surface area (Å²) in [6.45, 7) is 11.0. The van der Waals surface area contributed by atoms with E-state index in [2.05, 4.69) is 55.2 Å². The average Bonchev–Trinajstić information content (AvgIpc) is 2.99. The summed E-state index contributed by atoms with van der Waals surface area (Å²) in [5.41, 5.74) is 4.54. The molecule has 0 spiro atoms. The van der Waals surface area contributed by atoms with Gasteiger partial charge in [0.1, 0.15) is 0 Å². The Kier molecular flexibility index (Phi) is 4.69. The molecule has 134 valence electrons. The normalized spacial score (nSPS) is 20.1. The van der Waals surface area contributed by atoms with Gasteiger partial charge in [-0.2, -0.15) is 5.10 Å². The van der Waals surface area contributed by atoms with Crippen molar-refractivity contribution in [2.45, 2.75) is 40.7 Å². The highest BCUT2D eigenvalue weighted by molar-refractivity contribution is 5.67. The van der Waals surface area contributed by atoms with Gasteiger partial charge >= 0.3 is 5.97 Å². The minimum atomic E-state index is -0.705. The predicted molar refractivity (Wildman–Crippen MR) is 97.8 cm³/mol. The zero-order valence-corrected chi connectivity index (χ0v) is 15.5. The Balaban J connectivity index is 1.75. The fourth-order valence-corrected chi connectivity index (χ4v) is 3.80. The van der Waals surface area contributed by atoms with E-state index in [0.717, 1.165) is 31.0 Å². The highest BCUT2D eigenvalue weighted by Gasteiger charge is 2.40. The van der Waals surface area contributed by atoms with Crippen molar-refractivity contribution in [2.24, 2.45) is 11.3 Å². The van der Waals surface area contributed by atoms with Crippen LogP contribution in [0.2, 0.25) is 0 Å². The largest absolute Gasteiger partial charge is 0.481 e. The third kappa shape index (κ3) is 3.93. The Labute approximate surface area is 149 Å². The molecular formula is C20H27N3O2. The maximum Gasteiger partial charge on any atom is 0.303 e. The lowest BCUT2D eigenvalue weighted by Gasteiger charge is -2.24. The molecule has 5 nitrogen and oxygen atoms in total. The summed E-state index contributed by atoms with van der Waals surface area (Å²) >= 11 is 0. The van der Waals surface area contributed by atoms with E-state index in [-0.39, 0.29) is 17.8 Å². The van der Waals surface area contributed by atoms with Crippen molar-refractivity contribution < 1.29 is 9.90 Å². The number of benzene rings is 1. The van der Waals surface area contributed by atoms with E-state index in [0.29, 0.717) is 0 Å². The van der Waals surface area contributed by atoms with Crippen molar-refractivity contribution in [3.05, 3.63) is 47.3 Å². The standard InChI is InChI=1S/C20H27N3O2/c1-14-6-5-7-18(8-14)23-11-16(15(2)21-23)10-22-12-17(9-19(24)25)20(3,4)13-22/h5-8,11,17H,9-10,12-13H2,1-4H3,(H,24,25). The SMILES string of the molecule is Cc1cccc(-n2cc(CN3CC(CC(=O)O)C(C)(C)C3)c(C)n2)c1. The molecule has 0 bridgehead atoms. The topological polar surface area (TPSA) is 58.4 Å². The zero-order valence-electron chi connectivity index (χ0n) is 15.5. The Morgan fingerprint density at radius 3 is 2.80 bits per heavy atom. The van der Waals surface area contributed by atoms with Crippen LogP contribution >= 0.6 is 0 Å². The van der Waals surface area contributed by atoms with Crippen molar-refractivity contribution >= 4 is 5.97 Å². The molecule has 0 radical (unpaired) electrons. The number of rotatable bonds is 5. The molecule has 0 amide bonds. The summed E-state index contributed by atoms with van der Waals surface area (Å²) in [5, 5.41) is 13.8. The van der Waals surface area contributed by atoms with Gasteiger partial charge in [0, 0.05) is 37.8 Å². The maximum absolute atomic E-state index is 11.1. The first-order chi connectivity index (χ1) is 11.7. The molecule has 3 rings (SSSR count). The van der Waals surface area contributed by atoms with Crippen molar-refractivity contribution in [3.8, 4) is 5.69 Å². The van der Waals surface area contributed by atoms with Crippen molar-refractivity contribution in [1.29, 1.82) is 0 Å². The Morgan fingerprint density at radius 2 is 2.12 bits per heavy atom. The second-order valence-electron chi connectivity index (χ2n) is 7.98. The number of carboxylic acids is 1. The number of aryl methyl sites for hydroxylation is 2. The predicted octanol–water partition coefficient (Wildman–Crippen LogP) is 3.42. The molecule has 0 saturated carbocycles. The van der Waals surface area contributed by atoms with E-state index in [1.807, 2.05) is 17.7 Å². The first kappa shape index (κ1) is 17.7. The number of nitrogens with zero attached hydrogens (tertiary/aromatic N) is 3. The van der Waals surface area contributed by atoms with Crippen molar-refractivity contribution in [2.75, 3.05) is 13.1 Å². The average molecular weight is 341 g/mol. The number of aliphatic carboxylic acids is 1. The summed E-state index contributed by atoms with van der Waals surface area (Å²) in [5.74, 6) is -0.513. The lowest BCUT2D eigenvalue weighted by Crippen LogP contribution is -2.24. The zero-order chi connectivity index (χ0) is 18.2. The fourth-order valence-electron chi connectivity index (χ4n) is 3.80. The monoisotopic (exact) mass is 341 g/mol. The van der Waals surface area contributed by atoms with Crippen LogP contribution in [0, 0.1) is 25.2 Å². The molecular weight excluding hydrogens is 314 g/mol. The van der Waals surface area contributed by atoms with Gasteiger partial charge in [0.05, 0.1) is 11.4 Å². The molecule has 0 aliphatic carbocycles. The van der Waals surface area contributed by atoms with Crippen molar-refractivity contribution in [1.82, 2.24) is 14.7 Å². The van der Waals surface area contributed by atoms with Gasteiger partial charge in [-0.25, -0.2) is 4.68 Å². The molecule has 25 heavy (non-hydrogen) atoms. The third-order valence-corrected chi connectivity index (χ3v) is 5.30. The molecule has 1 aromatic heterocycles. The summed E-state index contributed by atoms with van der Waals surface area (Å²) in [4.78, 5) is 13.5. The number of carbonyl (C=O) groups is 1. The van der Waals surface area contributed by atoms with Gasteiger partial charge < -0.3 is 5.11 Å². The van der Waals surface area contributed by atoms with Crippen LogP contribution in [0.1, 0.15) is 37.1 Å². The van der Waals surface area contributed by atoms with E-state index in [9.17, 15) is 4.79 Å². The van der Waals surface area contributed by atoms with Gasteiger partial charge in [-0.3, -0.25) is 9.69 Å². The van der Waals surface area contributed by atoms with Crippen LogP contribution in [0.4, 0.5) is 0 Å². The molecule has 1 unspecified atom stereocenters. The highest BCUT2D eigenvalue weighted by Crippen LogP contribution is 2.38. The van der Waals surface area contributed by atoms with Gasteiger partial charge in [0.25, 0.3) is 0 Å². The Morgan fingerprint density at radius 1 is 1.36 bits per heavy atom. The van der Waals surface area contributed by atoms with E-state index in [1.165, 1.54) is 11.1 Å². The van der Waals surface area contributed by atoms with E-state index in [4.69, 9.17) is 5.11 Å².